The number of aromatic nitrogens is 1. The molecule has 0 aliphatic carbocycles. The first-order valence-electron chi connectivity index (χ1n) is 6.54. The molecule has 1 aromatic heterocycles. The number of hydrogen-bond donors (Lipinski definition) is 1. The van der Waals surface area contributed by atoms with Crippen LogP contribution in [0.2, 0.25) is 5.02 Å². The smallest absolute Gasteiger partial charge is 0.330 e. The standard InChI is InChI=1S/C13H18ClN3O3/c1-3-20-13(19)11-7-15-4-5-17(11)12(18)10-6-9(14)8-16(10)2/h6,8,11,15H,3-5,7H2,1-2H3. The number of aryl methyl sites for hydroxylation is 1. The van der Waals surface area contributed by atoms with Gasteiger partial charge < -0.3 is 19.5 Å². The highest BCUT2D eigenvalue weighted by Gasteiger charge is 2.34. The zero-order valence-electron chi connectivity index (χ0n) is 11.6. The quantitative estimate of drug-likeness (QED) is 0.833. The largest absolute Gasteiger partial charge is 0.464 e. The monoisotopic (exact) mass is 299 g/mol. The number of halogens is 1. The molecular formula is C13H18ClN3O3. The van der Waals surface area contributed by atoms with Gasteiger partial charge in [0.25, 0.3) is 5.91 Å². The maximum absolute atomic E-state index is 12.6. The highest BCUT2D eigenvalue weighted by molar-refractivity contribution is 6.31. The van der Waals surface area contributed by atoms with Gasteiger partial charge in [0.05, 0.1) is 11.6 Å². The van der Waals surface area contributed by atoms with Crippen molar-refractivity contribution in [2.24, 2.45) is 7.05 Å². The predicted molar refractivity (Wildman–Crippen MR) is 74.8 cm³/mol. The van der Waals surface area contributed by atoms with Gasteiger partial charge in [0, 0.05) is 32.9 Å². The molecule has 0 bridgehead atoms. The summed E-state index contributed by atoms with van der Waals surface area (Å²) in [7, 11) is 1.75. The van der Waals surface area contributed by atoms with Gasteiger partial charge in [-0.2, -0.15) is 0 Å². The Morgan fingerprint density at radius 3 is 2.90 bits per heavy atom. The van der Waals surface area contributed by atoms with Crippen molar-refractivity contribution in [3.05, 3.63) is 23.0 Å². The van der Waals surface area contributed by atoms with Crippen molar-refractivity contribution < 1.29 is 14.3 Å². The molecule has 2 heterocycles. The van der Waals surface area contributed by atoms with Crippen LogP contribution in [0.25, 0.3) is 0 Å². The molecule has 0 radical (unpaired) electrons. The Morgan fingerprint density at radius 2 is 2.30 bits per heavy atom. The number of amides is 1. The van der Waals surface area contributed by atoms with E-state index in [4.69, 9.17) is 16.3 Å². The van der Waals surface area contributed by atoms with E-state index in [1.807, 2.05) is 0 Å². The minimum absolute atomic E-state index is 0.209. The number of esters is 1. The minimum atomic E-state index is -0.593. The van der Waals surface area contributed by atoms with Crippen molar-refractivity contribution in [1.29, 1.82) is 0 Å². The highest BCUT2D eigenvalue weighted by atomic mass is 35.5. The number of carbonyl (C=O) groups excluding carboxylic acids is 2. The van der Waals surface area contributed by atoms with Crippen molar-refractivity contribution in [2.45, 2.75) is 13.0 Å². The van der Waals surface area contributed by atoms with E-state index in [-0.39, 0.29) is 11.9 Å². The Labute approximate surface area is 122 Å². The second-order valence-corrected chi connectivity index (χ2v) is 5.06. The third-order valence-electron chi connectivity index (χ3n) is 3.25. The Hall–Kier alpha value is -1.53. The Balaban J connectivity index is 2.21. The van der Waals surface area contributed by atoms with Crippen molar-refractivity contribution in [3.8, 4) is 0 Å². The Kier molecular flexibility index (Phi) is 4.67. The first-order valence-corrected chi connectivity index (χ1v) is 6.92. The normalized spacial score (nSPS) is 18.9. The molecular weight excluding hydrogens is 282 g/mol. The SMILES string of the molecule is CCOC(=O)C1CNCCN1C(=O)c1cc(Cl)cn1C. The lowest BCUT2D eigenvalue weighted by atomic mass is 10.1. The molecule has 1 aromatic rings. The van der Waals surface area contributed by atoms with Gasteiger partial charge in [-0.3, -0.25) is 4.79 Å². The molecule has 0 spiro atoms. The molecule has 1 fully saturated rings. The van der Waals surface area contributed by atoms with Crippen LogP contribution < -0.4 is 5.32 Å². The van der Waals surface area contributed by atoms with Gasteiger partial charge in [-0.1, -0.05) is 11.6 Å². The molecule has 1 aliphatic heterocycles. The van der Waals surface area contributed by atoms with E-state index < -0.39 is 6.04 Å². The van der Waals surface area contributed by atoms with Crippen LogP contribution in [-0.4, -0.2) is 53.6 Å². The van der Waals surface area contributed by atoms with Gasteiger partial charge in [0.15, 0.2) is 0 Å². The molecule has 1 atom stereocenters. The Bertz CT molecular complexity index is 515. The third-order valence-corrected chi connectivity index (χ3v) is 3.46. The van der Waals surface area contributed by atoms with Gasteiger partial charge in [-0.05, 0) is 13.0 Å². The number of carbonyl (C=O) groups is 2. The second kappa shape index (κ2) is 6.28. The summed E-state index contributed by atoms with van der Waals surface area (Å²) < 4.78 is 6.69. The van der Waals surface area contributed by atoms with E-state index in [2.05, 4.69) is 5.32 Å². The fourth-order valence-corrected chi connectivity index (χ4v) is 2.53. The van der Waals surface area contributed by atoms with Gasteiger partial charge in [0.1, 0.15) is 11.7 Å². The van der Waals surface area contributed by atoms with Crippen LogP contribution in [-0.2, 0) is 16.6 Å². The average Bonchev–Trinajstić information content (AvgIpc) is 2.77. The topological polar surface area (TPSA) is 63.6 Å². The molecule has 6 nitrogen and oxygen atoms in total. The van der Waals surface area contributed by atoms with Crippen molar-refractivity contribution in [3.63, 3.8) is 0 Å². The van der Waals surface area contributed by atoms with E-state index in [1.165, 1.54) is 0 Å². The molecule has 110 valence electrons. The molecule has 7 heteroatoms. The van der Waals surface area contributed by atoms with Gasteiger partial charge in [-0.25, -0.2) is 4.79 Å². The predicted octanol–water partition coefficient (Wildman–Crippen LogP) is 0.656. The minimum Gasteiger partial charge on any atom is -0.464 e. The summed E-state index contributed by atoms with van der Waals surface area (Å²) in [5.41, 5.74) is 0.464. The zero-order valence-corrected chi connectivity index (χ0v) is 12.3. The van der Waals surface area contributed by atoms with Crippen LogP contribution >= 0.6 is 11.6 Å². The summed E-state index contributed by atoms with van der Waals surface area (Å²) in [4.78, 5) is 26.1. The summed E-state index contributed by atoms with van der Waals surface area (Å²) >= 11 is 5.90. The van der Waals surface area contributed by atoms with E-state index in [0.29, 0.717) is 37.0 Å². The highest BCUT2D eigenvalue weighted by Crippen LogP contribution is 2.17. The van der Waals surface area contributed by atoms with Crippen LogP contribution in [0.5, 0.6) is 0 Å². The summed E-state index contributed by atoms with van der Waals surface area (Å²) in [6, 6.07) is 1.01. The van der Waals surface area contributed by atoms with E-state index in [9.17, 15) is 9.59 Å². The lowest BCUT2D eigenvalue weighted by Gasteiger charge is -2.34. The Morgan fingerprint density at radius 1 is 1.55 bits per heavy atom. The molecule has 1 N–H and O–H groups in total. The maximum Gasteiger partial charge on any atom is 0.330 e. The maximum atomic E-state index is 12.6. The van der Waals surface area contributed by atoms with Crippen LogP contribution in [0.1, 0.15) is 17.4 Å². The number of nitrogens with zero attached hydrogens (tertiary/aromatic N) is 2. The molecule has 20 heavy (non-hydrogen) atoms. The number of ether oxygens (including phenoxy) is 1. The third kappa shape index (κ3) is 2.96. The van der Waals surface area contributed by atoms with Gasteiger partial charge in [0.2, 0.25) is 0 Å². The van der Waals surface area contributed by atoms with E-state index >= 15 is 0 Å². The van der Waals surface area contributed by atoms with Crippen LogP contribution in [0.15, 0.2) is 12.3 Å². The molecule has 1 aliphatic rings. The van der Waals surface area contributed by atoms with E-state index in [1.54, 1.807) is 35.7 Å². The van der Waals surface area contributed by atoms with E-state index in [0.717, 1.165) is 0 Å². The lowest BCUT2D eigenvalue weighted by Crippen LogP contribution is -2.57. The van der Waals surface area contributed by atoms with Crippen molar-refractivity contribution in [1.82, 2.24) is 14.8 Å². The first kappa shape index (κ1) is 14.9. The number of nitrogens with one attached hydrogen (secondary N) is 1. The zero-order chi connectivity index (χ0) is 14.7. The fourth-order valence-electron chi connectivity index (χ4n) is 2.28. The summed E-state index contributed by atoms with van der Waals surface area (Å²) in [5, 5.41) is 3.60. The summed E-state index contributed by atoms with van der Waals surface area (Å²) in [6.07, 6.45) is 1.66. The van der Waals surface area contributed by atoms with Crippen molar-refractivity contribution >= 4 is 23.5 Å². The van der Waals surface area contributed by atoms with Crippen LogP contribution in [0.4, 0.5) is 0 Å². The molecule has 0 aromatic carbocycles. The number of hydrogen-bond acceptors (Lipinski definition) is 4. The van der Waals surface area contributed by atoms with Gasteiger partial charge >= 0.3 is 5.97 Å². The number of piperazine rings is 1. The summed E-state index contributed by atoms with van der Waals surface area (Å²) in [5.74, 6) is -0.590. The molecule has 1 amide bonds. The molecule has 1 unspecified atom stereocenters. The number of rotatable bonds is 3. The molecule has 0 saturated carbocycles. The second-order valence-electron chi connectivity index (χ2n) is 4.62. The molecule has 1 saturated heterocycles. The van der Waals surface area contributed by atoms with Crippen molar-refractivity contribution in [2.75, 3.05) is 26.2 Å². The first-order chi connectivity index (χ1) is 9.54. The fraction of sp³-hybridized carbons (Fsp3) is 0.538. The lowest BCUT2D eigenvalue weighted by molar-refractivity contribution is -0.149. The van der Waals surface area contributed by atoms with Crippen LogP contribution in [0, 0.1) is 0 Å². The summed E-state index contributed by atoms with van der Waals surface area (Å²) in [6.45, 7) is 3.57. The average molecular weight is 300 g/mol. The molecule has 2 rings (SSSR count). The van der Waals surface area contributed by atoms with Gasteiger partial charge in [-0.15, -0.1) is 0 Å². The van der Waals surface area contributed by atoms with Crippen LogP contribution in [0.3, 0.4) is 0 Å².